The van der Waals surface area contributed by atoms with Crippen LogP contribution < -0.4 is 0 Å². The molecule has 2 unspecified atom stereocenters. The van der Waals surface area contributed by atoms with Gasteiger partial charge in [0.1, 0.15) is 6.10 Å². The molecule has 1 N–H and O–H groups in total. The zero-order valence-corrected chi connectivity index (χ0v) is 6.75. The number of aliphatic hydroxyl groups excluding tert-OH is 1. The number of rotatable bonds is 2. The summed E-state index contributed by atoms with van der Waals surface area (Å²) in [6, 6.07) is 0. The Bertz CT molecular complexity index is 144. The molecule has 11 heavy (non-hydrogen) atoms. The van der Waals surface area contributed by atoms with Crippen LogP contribution in [-0.2, 0) is 9.53 Å². The van der Waals surface area contributed by atoms with Gasteiger partial charge in [-0.05, 0) is 12.3 Å². The molecular weight excluding hydrogens is 144 g/mol. The topological polar surface area (TPSA) is 46.5 Å². The van der Waals surface area contributed by atoms with Crippen LogP contribution in [0.5, 0.6) is 0 Å². The molecule has 1 heterocycles. The predicted octanol–water partition coefficient (Wildman–Crippen LogP) is 0.710. The van der Waals surface area contributed by atoms with Crippen LogP contribution in [0.25, 0.3) is 0 Å². The summed E-state index contributed by atoms with van der Waals surface area (Å²) in [5.74, 6) is 0.279. The van der Waals surface area contributed by atoms with Gasteiger partial charge in [-0.2, -0.15) is 0 Å². The zero-order valence-electron chi connectivity index (χ0n) is 6.75. The number of carbonyl (C=O) groups is 1. The minimum atomic E-state index is -0.124. The van der Waals surface area contributed by atoms with Crippen molar-refractivity contribution in [3.05, 3.63) is 0 Å². The Morgan fingerprint density at radius 3 is 3.09 bits per heavy atom. The van der Waals surface area contributed by atoms with E-state index in [4.69, 9.17) is 9.84 Å². The molecule has 64 valence electrons. The maximum absolute atomic E-state index is 10.8. The van der Waals surface area contributed by atoms with Gasteiger partial charge in [-0.25, -0.2) is 0 Å². The summed E-state index contributed by atoms with van der Waals surface area (Å²) in [6.45, 7) is 2.15. The molecule has 0 bridgehead atoms. The second-order valence-corrected chi connectivity index (χ2v) is 3.06. The summed E-state index contributed by atoms with van der Waals surface area (Å²) < 4.78 is 5.04. The predicted molar refractivity (Wildman–Crippen MR) is 40.0 cm³/mol. The highest BCUT2D eigenvalue weighted by molar-refractivity contribution is 5.70. The fourth-order valence-electron chi connectivity index (χ4n) is 1.35. The highest BCUT2D eigenvalue weighted by atomic mass is 16.5. The van der Waals surface area contributed by atoms with Crippen LogP contribution in [0.2, 0.25) is 0 Å². The monoisotopic (exact) mass is 158 g/mol. The van der Waals surface area contributed by atoms with Crippen LogP contribution in [0.15, 0.2) is 0 Å². The van der Waals surface area contributed by atoms with Crippen molar-refractivity contribution in [1.82, 2.24) is 0 Å². The number of carbonyl (C=O) groups excluding carboxylic acids is 1. The van der Waals surface area contributed by atoms with Crippen LogP contribution in [0.1, 0.15) is 26.2 Å². The molecule has 1 aliphatic rings. The summed E-state index contributed by atoms with van der Waals surface area (Å²) in [7, 11) is 0. The summed E-state index contributed by atoms with van der Waals surface area (Å²) in [5, 5.41) is 8.63. The maximum atomic E-state index is 10.8. The Labute approximate surface area is 66.4 Å². The van der Waals surface area contributed by atoms with E-state index in [-0.39, 0.29) is 18.7 Å². The van der Waals surface area contributed by atoms with Crippen molar-refractivity contribution in [2.45, 2.75) is 32.3 Å². The molecule has 1 saturated heterocycles. The average molecular weight is 158 g/mol. The first-order valence-corrected chi connectivity index (χ1v) is 4.04. The molecule has 1 fully saturated rings. The Hall–Kier alpha value is -0.570. The lowest BCUT2D eigenvalue weighted by Gasteiger charge is -2.27. The van der Waals surface area contributed by atoms with Crippen LogP contribution in [0, 0.1) is 5.92 Å². The van der Waals surface area contributed by atoms with Crippen LogP contribution in [0.3, 0.4) is 0 Å². The van der Waals surface area contributed by atoms with E-state index in [9.17, 15) is 4.79 Å². The molecule has 0 aromatic carbocycles. The van der Waals surface area contributed by atoms with Gasteiger partial charge in [0.2, 0.25) is 0 Å². The van der Waals surface area contributed by atoms with Gasteiger partial charge >= 0.3 is 5.97 Å². The van der Waals surface area contributed by atoms with Gasteiger partial charge in [0.15, 0.2) is 0 Å². The van der Waals surface area contributed by atoms with Crippen LogP contribution in [-0.4, -0.2) is 23.8 Å². The van der Waals surface area contributed by atoms with Crippen molar-refractivity contribution in [2.75, 3.05) is 6.61 Å². The molecule has 0 saturated carbocycles. The van der Waals surface area contributed by atoms with Crippen LogP contribution in [0.4, 0.5) is 0 Å². The fourth-order valence-corrected chi connectivity index (χ4v) is 1.35. The van der Waals surface area contributed by atoms with Crippen molar-refractivity contribution in [1.29, 1.82) is 0 Å². The largest absolute Gasteiger partial charge is 0.462 e. The van der Waals surface area contributed by atoms with E-state index in [1.54, 1.807) is 0 Å². The molecule has 3 nitrogen and oxygen atoms in total. The lowest BCUT2D eigenvalue weighted by Crippen LogP contribution is -2.31. The lowest BCUT2D eigenvalue weighted by molar-refractivity contribution is -0.158. The van der Waals surface area contributed by atoms with E-state index in [0.29, 0.717) is 18.8 Å². The first kappa shape index (κ1) is 8.53. The van der Waals surface area contributed by atoms with Crippen molar-refractivity contribution >= 4 is 5.97 Å². The minimum Gasteiger partial charge on any atom is -0.462 e. The van der Waals surface area contributed by atoms with Gasteiger partial charge in [0.25, 0.3) is 0 Å². The van der Waals surface area contributed by atoms with Gasteiger partial charge in [-0.1, -0.05) is 6.92 Å². The van der Waals surface area contributed by atoms with Gasteiger partial charge in [0, 0.05) is 19.4 Å². The molecule has 2 atom stereocenters. The Morgan fingerprint density at radius 2 is 2.45 bits per heavy atom. The van der Waals surface area contributed by atoms with E-state index in [1.165, 1.54) is 0 Å². The number of esters is 1. The molecule has 0 aliphatic carbocycles. The fraction of sp³-hybridized carbons (Fsp3) is 0.875. The van der Waals surface area contributed by atoms with E-state index in [0.717, 1.165) is 6.42 Å². The van der Waals surface area contributed by atoms with Gasteiger partial charge in [0.05, 0.1) is 0 Å². The standard InChI is InChI=1S/C8H14O3/c1-6-2-3-8(10)11-7(6)4-5-9/h6-7,9H,2-5H2,1H3. The first-order valence-electron chi connectivity index (χ1n) is 4.04. The van der Waals surface area contributed by atoms with Gasteiger partial charge in [-0.15, -0.1) is 0 Å². The van der Waals surface area contributed by atoms with Crippen molar-refractivity contribution < 1.29 is 14.6 Å². The number of cyclic esters (lactones) is 1. The molecular formula is C8H14O3. The second-order valence-electron chi connectivity index (χ2n) is 3.06. The van der Waals surface area contributed by atoms with Gasteiger partial charge < -0.3 is 9.84 Å². The quantitative estimate of drug-likeness (QED) is 0.602. The third kappa shape index (κ3) is 2.19. The third-order valence-electron chi connectivity index (χ3n) is 2.13. The molecule has 0 aromatic heterocycles. The Morgan fingerprint density at radius 1 is 1.73 bits per heavy atom. The molecule has 0 amide bonds. The average Bonchev–Trinajstić information content (AvgIpc) is 1.98. The normalized spacial score (nSPS) is 31.6. The number of hydrogen-bond acceptors (Lipinski definition) is 3. The van der Waals surface area contributed by atoms with Crippen molar-refractivity contribution in [2.24, 2.45) is 5.92 Å². The molecule has 1 rings (SSSR count). The van der Waals surface area contributed by atoms with E-state index in [1.807, 2.05) is 6.92 Å². The number of hydrogen-bond donors (Lipinski definition) is 1. The van der Waals surface area contributed by atoms with Crippen molar-refractivity contribution in [3.63, 3.8) is 0 Å². The molecule has 0 aromatic rings. The van der Waals surface area contributed by atoms with E-state index < -0.39 is 0 Å². The SMILES string of the molecule is CC1CCC(=O)OC1CCO. The molecule has 1 aliphatic heterocycles. The molecule has 0 radical (unpaired) electrons. The minimum absolute atomic E-state index is 0.0544. The summed E-state index contributed by atoms with van der Waals surface area (Å²) in [4.78, 5) is 10.8. The first-order chi connectivity index (χ1) is 5.24. The third-order valence-corrected chi connectivity index (χ3v) is 2.13. The molecule has 0 spiro atoms. The number of aliphatic hydroxyl groups is 1. The summed E-state index contributed by atoms with van der Waals surface area (Å²) >= 11 is 0. The summed E-state index contributed by atoms with van der Waals surface area (Å²) in [6.07, 6.45) is 1.95. The molecule has 3 heteroatoms. The van der Waals surface area contributed by atoms with Gasteiger partial charge in [-0.3, -0.25) is 4.79 Å². The maximum Gasteiger partial charge on any atom is 0.306 e. The Balaban J connectivity index is 2.40. The highest BCUT2D eigenvalue weighted by Crippen LogP contribution is 2.22. The Kier molecular flexibility index (Phi) is 2.88. The van der Waals surface area contributed by atoms with Crippen molar-refractivity contribution in [3.8, 4) is 0 Å². The zero-order chi connectivity index (χ0) is 8.27. The highest BCUT2D eigenvalue weighted by Gasteiger charge is 2.26. The van der Waals surface area contributed by atoms with Crippen LogP contribution >= 0.6 is 0 Å². The lowest BCUT2D eigenvalue weighted by atomic mass is 9.94. The number of ether oxygens (including phenoxy) is 1. The second kappa shape index (κ2) is 3.72. The summed E-state index contributed by atoms with van der Waals surface area (Å²) in [5.41, 5.74) is 0. The van der Waals surface area contributed by atoms with E-state index >= 15 is 0 Å². The van der Waals surface area contributed by atoms with E-state index in [2.05, 4.69) is 0 Å². The smallest absolute Gasteiger partial charge is 0.306 e.